The fourth-order valence-electron chi connectivity index (χ4n) is 5.03. The second-order valence-corrected chi connectivity index (χ2v) is 11.0. The minimum absolute atomic E-state index is 0.235. The van der Waals surface area contributed by atoms with Crippen LogP contribution in [-0.2, 0) is 9.47 Å². The maximum Gasteiger partial charge on any atom is 0.174 e. The van der Waals surface area contributed by atoms with Crippen LogP contribution in [0.3, 0.4) is 0 Å². The van der Waals surface area contributed by atoms with Crippen LogP contribution in [0.25, 0.3) is 0 Å². The third kappa shape index (κ3) is 23.2. The highest BCUT2D eigenvalue weighted by atomic mass is 16.7. The summed E-state index contributed by atoms with van der Waals surface area (Å²) in [5, 5.41) is 3.24. The van der Waals surface area contributed by atoms with Gasteiger partial charge in [0.15, 0.2) is 6.29 Å². The molecule has 0 aromatic rings. The van der Waals surface area contributed by atoms with Crippen molar-refractivity contribution in [2.75, 3.05) is 53.0 Å². The van der Waals surface area contributed by atoms with Crippen LogP contribution >= 0.6 is 0 Å². The summed E-state index contributed by atoms with van der Waals surface area (Å²) in [5.74, 6) is 0. The SMILES string of the molecule is C=C.C=C(NCC(OC)OCC)C(/C=C(/C)CC)=C/C.C=C/C(C)=C\C=C(/CC)CN1CCC(N2CCCCC2)CC1.CC.CC. The Morgan fingerprint density at radius 1 is 0.913 bits per heavy atom. The quantitative estimate of drug-likeness (QED) is 0.109. The molecule has 46 heavy (non-hydrogen) atoms. The summed E-state index contributed by atoms with van der Waals surface area (Å²) in [4.78, 5) is 5.40. The Kier molecular flexibility index (Phi) is 35.8. The lowest BCUT2D eigenvalue weighted by atomic mass is 9.99. The maximum absolute atomic E-state index is 5.40. The average Bonchev–Trinajstić information content (AvgIpc) is 3.13. The molecule has 2 rings (SSSR count). The third-order valence-electron chi connectivity index (χ3n) is 7.97. The molecule has 1 N–H and O–H groups in total. The standard InChI is InChI=1S/C20H34N2.C15H27NO2.2C2H6.C2H4/c1-4-18(3)9-10-19(5-2)17-21-15-11-20(12-16-21)22-13-7-6-8-14-22;1-7-12(4)10-14(8-2)13(5)16-11-15(17-6)18-9-3;3*1-2/h4,9-10,20H,1,5-8,11-17H2,2-3H3;8,10,15-16H,5,7,9,11H2,1-4,6H3;2*1-2H3;1-2H2/b18-9-,19-10+;12-10-,14-8+;;;. The van der Waals surface area contributed by atoms with E-state index in [4.69, 9.17) is 9.47 Å². The van der Waals surface area contributed by atoms with Gasteiger partial charge in [0.05, 0.1) is 6.54 Å². The van der Waals surface area contributed by atoms with Crippen LogP contribution in [0.15, 0.2) is 84.7 Å². The van der Waals surface area contributed by atoms with Gasteiger partial charge < -0.3 is 19.7 Å². The molecule has 5 heteroatoms. The van der Waals surface area contributed by atoms with E-state index in [1.165, 1.54) is 75.0 Å². The molecule has 1 atom stereocenters. The molecule has 268 valence electrons. The molecule has 0 aromatic carbocycles. The Bertz CT molecular complexity index is 857. The van der Waals surface area contributed by atoms with Crippen LogP contribution in [0.5, 0.6) is 0 Å². The molecule has 5 nitrogen and oxygen atoms in total. The lowest BCUT2D eigenvalue weighted by molar-refractivity contribution is -0.115. The number of likely N-dealkylation sites (tertiary alicyclic amines) is 2. The van der Waals surface area contributed by atoms with Gasteiger partial charge in [-0.05, 0) is 98.0 Å². The van der Waals surface area contributed by atoms with Gasteiger partial charge in [-0.3, -0.25) is 4.90 Å². The Labute approximate surface area is 288 Å². The summed E-state index contributed by atoms with van der Waals surface area (Å²) in [5.41, 5.74) is 6.12. The Balaban J connectivity index is -0.000000702. The molecule has 2 heterocycles. The van der Waals surface area contributed by atoms with Gasteiger partial charge in [0, 0.05) is 32.0 Å². The molecule has 0 amide bonds. The minimum Gasteiger partial charge on any atom is -0.380 e. The van der Waals surface area contributed by atoms with Crippen molar-refractivity contribution >= 4 is 0 Å². The summed E-state index contributed by atoms with van der Waals surface area (Å²) in [6.07, 6.45) is 19.6. The highest BCUT2D eigenvalue weighted by Crippen LogP contribution is 2.21. The Hall–Kier alpha value is -2.18. The van der Waals surface area contributed by atoms with E-state index in [9.17, 15) is 0 Å². The number of piperidine rings is 2. The first-order valence-corrected chi connectivity index (χ1v) is 18.2. The molecule has 0 bridgehead atoms. The molecule has 2 fully saturated rings. The average molecular weight is 644 g/mol. The first kappa shape index (κ1) is 48.2. The molecule has 2 aliphatic rings. The molecule has 2 saturated heterocycles. The van der Waals surface area contributed by atoms with E-state index >= 15 is 0 Å². The van der Waals surface area contributed by atoms with E-state index in [2.05, 4.69) is 93.4 Å². The molecule has 1 unspecified atom stereocenters. The Morgan fingerprint density at radius 2 is 1.50 bits per heavy atom. The van der Waals surface area contributed by atoms with E-state index < -0.39 is 0 Å². The normalized spacial score (nSPS) is 17.4. The number of ether oxygens (including phenoxy) is 2. The van der Waals surface area contributed by atoms with Crippen molar-refractivity contribution < 1.29 is 9.47 Å². The number of allylic oxidation sites excluding steroid dienone is 7. The number of methoxy groups -OCH3 is 1. The van der Waals surface area contributed by atoms with Crippen molar-refractivity contribution in [1.82, 2.24) is 15.1 Å². The molecular weight excluding hydrogens is 566 g/mol. The monoisotopic (exact) mass is 644 g/mol. The van der Waals surface area contributed by atoms with Crippen molar-refractivity contribution in [2.24, 2.45) is 0 Å². The largest absolute Gasteiger partial charge is 0.380 e. The Morgan fingerprint density at radius 3 is 1.96 bits per heavy atom. The minimum atomic E-state index is -0.235. The fraction of sp³-hybridized carbons (Fsp3) is 0.659. The maximum atomic E-state index is 5.40. The van der Waals surface area contributed by atoms with Gasteiger partial charge >= 0.3 is 0 Å². The van der Waals surface area contributed by atoms with Crippen LogP contribution in [0.2, 0.25) is 0 Å². The summed E-state index contributed by atoms with van der Waals surface area (Å²) >= 11 is 0. The van der Waals surface area contributed by atoms with E-state index in [1.807, 2.05) is 47.6 Å². The van der Waals surface area contributed by atoms with Gasteiger partial charge in [-0.2, -0.15) is 0 Å². The van der Waals surface area contributed by atoms with Gasteiger partial charge in [0.25, 0.3) is 0 Å². The van der Waals surface area contributed by atoms with Crippen LogP contribution in [-0.4, -0.2) is 75.1 Å². The number of hydrogen-bond donors (Lipinski definition) is 1. The van der Waals surface area contributed by atoms with Crippen molar-refractivity contribution in [3.8, 4) is 0 Å². The number of nitrogens with one attached hydrogen (secondary N) is 1. The van der Waals surface area contributed by atoms with E-state index in [-0.39, 0.29) is 6.29 Å². The molecule has 2 aliphatic heterocycles. The molecule has 0 radical (unpaired) electrons. The van der Waals surface area contributed by atoms with E-state index in [0.717, 1.165) is 36.7 Å². The first-order chi connectivity index (χ1) is 22.3. The molecular formula is C41H77N3O2. The predicted molar refractivity (Wildman–Crippen MR) is 209 cm³/mol. The summed E-state index contributed by atoms with van der Waals surface area (Å²) in [7, 11) is 1.64. The van der Waals surface area contributed by atoms with Crippen molar-refractivity contribution in [2.45, 2.75) is 127 Å². The zero-order valence-electron chi connectivity index (χ0n) is 32.5. The van der Waals surface area contributed by atoms with Crippen LogP contribution < -0.4 is 5.32 Å². The fourth-order valence-corrected chi connectivity index (χ4v) is 5.03. The summed E-state index contributed by atoms with van der Waals surface area (Å²) in [6.45, 7) is 42.1. The first-order valence-electron chi connectivity index (χ1n) is 18.2. The highest BCUT2D eigenvalue weighted by Gasteiger charge is 2.25. The molecule has 0 aliphatic carbocycles. The van der Waals surface area contributed by atoms with E-state index in [1.54, 1.807) is 7.11 Å². The lowest BCUT2D eigenvalue weighted by Gasteiger charge is -2.40. The van der Waals surface area contributed by atoms with Crippen LogP contribution in [0.1, 0.15) is 114 Å². The summed E-state index contributed by atoms with van der Waals surface area (Å²) < 4.78 is 10.6. The zero-order chi connectivity index (χ0) is 35.8. The lowest BCUT2D eigenvalue weighted by Crippen LogP contribution is -2.47. The van der Waals surface area contributed by atoms with Gasteiger partial charge in [-0.15, -0.1) is 13.2 Å². The third-order valence-corrected chi connectivity index (χ3v) is 7.97. The second kappa shape index (κ2) is 34.2. The zero-order valence-corrected chi connectivity index (χ0v) is 32.5. The highest BCUT2D eigenvalue weighted by molar-refractivity contribution is 5.38. The smallest absolute Gasteiger partial charge is 0.174 e. The van der Waals surface area contributed by atoms with Gasteiger partial charge in [0.1, 0.15) is 0 Å². The molecule has 0 saturated carbocycles. The van der Waals surface area contributed by atoms with Crippen LogP contribution in [0.4, 0.5) is 0 Å². The number of nitrogens with zero attached hydrogens (tertiary/aromatic N) is 2. The van der Waals surface area contributed by atoms with E-state index in [0.29, 0.717) is 13.2 Å². The van der Waals surface area contributed by atoms with Gasteiger partial charge in [-0.1, -0.05) is 108 Å². The number of hydrogen-bond acceptors (Lipinski definition) is 5. The topological polar surface area (TPSA) is 37.0 Å². The van der Waals surface area contributed by atoms with Crippen molar-refractivity contribution in [1.29, 1.82) is 0 Å². The molecule has 0 aromatic heterocycles. The van der Waals surface area contributed by atoms with Crippen molar-refractivity contribution in [3.63, 3.8) is 0 Å². The van der Waals surface area contributed by atoms with Crippen molar-refractivity contribution in [3.05, 3.63) is 84.7 Å². The van der Waals surface area contributed by atoms with Crippen LogP contribution in [0, 0.1) is 0 Å². The molecule has 0 spiro atoms. The van der Waals surface area contributed by atoms with Gasteiger partial charge in [0.2, 0.25) is 0 Å². The predicted octanol–water partition coefficient (Wildman–Crippen LogP) is 10.7. The second-order valence-electron chi connectivity index (χ2n) is 11.0. The van der Waals surface area contributed by atoms with Gasteiger partial charge in [-0.25, -0.2) is 0 Å². The summed E-state index contributed by atoms with van der Waals surface area (Å²) in [6, 6.07) is 0.855. The number of rotatable bonds is 15.